The average Bonchev–Trinajstić information content (AvgIpc) is 3.57. The lowest BCUT2D eigenvalue weighted by Gasteiger charge is -2.30. The number of rotatable bonds is 9. The number of fused-ring (bicyclic) bond motifs is 1. The standard InChI is InChI=1S/C26H30N6O3/c1-3-31(16-18-8-5-4-6-9-18)24(25-28-29-30-32(25)17-21-10-7-13-35-21)22-14-19-11-12-20(34-2)15-23(19)27-26(22)33/h4-6,8-9,11-12,14-15,21,24H,3,7,10,13,16-17H2,1-2H3,(H,27,33)/t21-,24-/m0/s1. The van der Waals surface area contributed by atoms with Gasteiger partial charge in [-0.2, -0.15) is 0 Å². The zero-order valence-corrected chi connectivity index (χ0v) is 20.1. The highest BCUT2D eigenvalue weighted by Crippen LogP contribution is 2.29. The highest BCUT2D eigenvalue weighted by molar-refractivity contribution is 5.80. The van der Waals surface area contributed by atoms with Crippen LogP contribution in [0, 0.1) is 0 Å². The molecule has 1 aliphatic heterocycles. The number of hydrogen-bond donors (Lipinski definition) is 1. The Balaban J connectivity index is 1.61. The first-order valence-corrected chi connectivity index (χ1v) is 12.0. The Morgan fingerprint density at radius 3 is 2.83 bits per heavy atom. The first-order valence-electron chi connectivity index (χ1n) is 12.0. The molecule has 0 bridgehead atoms. The van der Waals surface area contributed by atoms with Gasteiger partial charge >= 0.3 is 0 Å². The highest BCUT2D eigenvalue weighted by atomic mass is 16.5. The number of pyridine rings is 1. The summed E-state index contributed by atoms with van der Waals surface area (Å²) in [5.74, 6) is 1.33. The van der Waals surface area contributed by atoms with Gasteiger partial charge in [0.15, 0.2) is 5.82 Å². The van der Waals surface area contributed by atoms with Gasteiger partial charge in [-0.25, -0.2) is 4.68 Å². The summed E-state index contributed by atoms with van der Waals surface area (Å²) in [4.78, 5) is 18.7. The van der Waals surface area contributed by atoms with Crippen LogP contribution in [0.25, 0.3) is 10.9 Å². The molecule has 182 valence electrons. The maximum absolute atomic E-state index is 13.5. The number of H-pyrrole nitrogens is 1. The van der Waals surface area contributed by atoms with Crippen molar-refractivity contribution in [2.45, 2.75) is 45.0 Å². The number of hydrogen-bond acceptors (Lipinski definition) is 7. The predicted molar refractivity (Wildman–Crippen MR) is 132 cm³/mol. The van der Waals surface area contributed by atoms with Gasteiger partial charge in [-0.3, -0.25) is 9.69 Å². The number of nitrogens with zero attached hydrogens (tertiary/aromatic N) is 5. The number of nitrogens with one attached hydrogen (secondary N) is 1. The molecule has 2 aromatic heterocycles. The molecule has 0 unspecified atom stereocenters. The summed E-state index contributed by atoms with van der Waals surface area (Å²) in [6, 6.07) is 17.4. The van der Waals surface area contributed by atoms with E-state index in [9.17, 15) is 4.79 Å². The minimum Gasteiger partial charge on any atom is -0.497 e. The van der Waals surface area contributed by atoms with Crippen LogP contribution in [0.4, 0.5) is 0 Å². The van der Waals surface area contributed by atoms with Gasteiger partial charge in [0.1, 0.15) is 11.8 Å². The van der Waals surface area contributed by atoms with Crippen molar-refractivity contribution in [2.75, 3.05) is 20.3 Å². The molecule has 0 radical (unpaired) electrons. The fourth-order valence-electron chi connectivity index (χ4n) is 4.75. The monoisotopic (exact) mass is 474 g/mol. The van der Waals surface area contributed by atoms with Crippen molar-refractivity contribution in [1.29, 1.82) is 0 Å². The zero-order chi connectivity index (χ0) is 24.2. The van der Waals surface area contributed by atoms with Crippen LogP contribution in [0.5, 0.6) is 5.75 Å². The third-order valence-electron chi connectivity index (χ3n) is 6.58. The summed E-state index contributed by atoms with van der Waals surface area (Å²) in [6.07, 6.45) is 2.09. The van der Waals surface area contributed by atoms with E-state index in [1.54, 1.807) is 11.8 Å². The van der Waals surface area contributed by atoms with Crippen LogP contribution in [0.2, 0.25) is 0 Å². The summed E-state index contributed by atoms with van der Waals surface area (Å²) >= 11 is 0. The SMILES string of the molecule is CCN(Cc1ccccc1)[C@@H](c1cc2ccc(OC)cc2[nH]c1=O)c1nnnn1C[C@@H]1CCCO1. The predicted octanol–water partition coefficient (Wildman–Crippen LogP) is 3.31. The van der Waals surface area contributed by atoms with E-state index in [1.165, 1.54) is 0 Å². The fraction of sp³-hybridized carbons (Fsp3) is 0.385. The molecule has 4 aromatic rings. The molecule has 9 nitrogen and oxygen atoms in total. The largest absolute Gasteiger partial charge is 0.497 e. The van der Waals surface area contributed by atoms with E-state index >= 15 is 0 Å². The second kappa shape index (κ2) is 10.4. The first-order chi connectivity index (χ1) is 17.2. The summed E-state index contributed by atoms with van der Waals surface area (Å²) in [5, 5.41) is 13.6. The third-order valence-corrected chi connectivity index (χ3v) is 6.58. The molecule has 1 aliphatic rings. The Hall–Kier alpha value is -3.56. The molecule has 2 aromatic carbocycles. The number of methoxy groups -OCH3 is 1. The number of aromatic nitrogens is 5. The Labute approximate surface area is 203 Å². The van der Waals surface area contributed by atoms with Crippen molar-refractivity contribution >= 4 is 10.9 Å². The van der Waals surface area contributed by atoms with E-state index in [-0.39, 0.29) is 11.7 Å². The van der Waals surface area contributed by atoms with Crippen molar-refractivity contribution in [1.82, 2.24) is 30.1 Å². The van der Waals surface area contributed by atoms with Crippen LogP contribution in [-0.4, -0.2) is 56.5 Å². The van der Waals surface area contributed by atoms with Crippen molar-refractivity contribution < 1.29 is 9.47 Å². The third kappa shape index (κ3) is 4.96. The highest BCUT2D eigenvalue weighted by Gasteiger charge is 2.31. The topological polar surface area (TPSA) is 98.2 Å². The molecule has 1 N–H and O–H groups in total. The quantitative estimate of drug-likeness (QED) is 0.397. The van der Waals surface area contributed by atoms with Crippen molar-refractivity contribution in [3.05, 3.63) is 81.9 Å². The Morgan fingerprint density at radius 2 is 2.09 bits per heavy atom. The van der Waals surface area contributed by atoms with Crippen LogP contribution in [0.1, 0.15) is 42.8 Å². The van der Waals surface area contributed by atoms with Gasteiger partial charge in [0.2, 0.25) is 0 Å². The lowest BCUT2D eigenvalue weighted by Crippen LogP contribution is -2.35. The Kier molecular flexibility index (Phi) is 6.87. The summed E-state index contributed by atoms with van der Waals surface area (Å²) in [5.41, 5.74) is 2.30. The van der Waals surface area contributed by atoms with E-state index < -0.39 is 6.04 Å². The van der Waals surface area contributed by atoms with Gasteiger partial charge in [-0.1, -0.05) is 37.3 Å². The molecule has 5 rings (SSSR count). The van der Waals surface area contributed by atoms with Gasteiger partial charge < -0.3 is 14.5 Å². The summed E-state index contributed by atoms with van der Waals surface area (Å²) in [6.45, 7) is 4.75. The van der Waals surface area contributed by atoms with Gasteiger partial charge in [0.25, 0.3) is 5.56 Å². The molecule has 0 spiro atoms. The smallest absolute Gasteiger partial charge is 0.253 e. The molecule has 3 heterocycles. The van der Waals surface area contributed by atoms with Gasteiger partial charge in [0, 0.05) is 24.8 Å². The maximum atomic E-state index is 13.5. The minimum atomic E-state index is -0.438. The molecule has 9 heteroatoms. The van der Waals surface area contributed by atoms with Crippen LogP contribution in [0.3, 0.4) is 0 Å². The second-order valence-corrected chi connectivity index (χ2v) is 8.81. The van der Waals surface area contributed by atoms with Gasteiger partial charge in [-0.15, -0.1) is 5.10 Å². The van der Waals surface area contributed by atoms with Crippen molar-refractivity contribution in [3.8, 4) is 5.75 Å². The zero-order valence-electron chi connectivity index (χ0n) is 20.1. The Bertz CT molecular complexity index is 1330. The van der Waals surface area contributed by atoms with E-state index in [4.69, 9.17) is 9.47 Å². The summed E-state index contributed by atoms with van der Waals surface area (Å²) < 4.78 is 13.0. The molecule has 0 aliphatic carbocycles. The lowest BCUT2D eigenvalue weighted by atomic mass is 10.0. The van der Waals surface area contributed by atoms with Gasteiger partial charge in [-0.05, 0) is 59.0 Å². The lowest BCUT2D eigenvalue weighted by molar-refractivity contribution is 0.0907. The number of benzene rings is 2. The average molecular weight is 475 g/mol. The van der Waals surface area contributed by atoms with E-state index in [1.807, 2.05) is 42.5 Å². The van der Waals surface area contributed by atoms with Crippen LogP contribution in [-0.2, 0) is 17.8 Å². The van der Waals surface area contributed by atoms with E-state index in [2.05, 4.69) is 44.5 Å². The number of aromatic amines is 1. The molecular weight excluding hydrogens is 444 g/mol. The Morgan fingerprint density at radius 1 is 1.23 bits per heavy atom. The van der Waals surface area contributed by atoms with E-state index in [0.29, 0.717) is 36.8 Å². The van der Waals surface area contributed by atoms with Crippen LogP contribution in [0.15, 0.2) is 59.4 Å². The molecular formula is C26H30N6O3. The molecule has 35 heavy (non-hydrogen) atoms. The van der Waals surface area contributed by atoms with Crippen molar-refractivity contribution in [3.63, 3.8) is 0 Å². The van der Waals surface area contributed by atoms with Crippen molar-refractivity contribution in [2.24, 2.45) is 0 Å². The van der Waals surface area contributed by atoms with E-state index in [0.717, 1.165) is 35.9 Å². The first kappa shape index (κ1) is 23.2. The number of ether oxygens (including phenoxy) is 2. The second-order valence-electron chi connectivity index (χ2n) is 8.81. The molecule has 1 saturated heterocycles. The molecule has 2 atom stereocenters. The minimum absolute atomic E-state index is 0.0736. The molecule has 0 amide bonds. The normalized spacial score (nSPS) is 16.7. The fourth-order valence-corrected chi connectivity index (χ4v) is 4.75. The summed E-state index contributed by atoms with van der Waals surface area (Å²) in [7, 11) is 1.61. The molecule has 1 fully saturated rings. The van der Waals surface area contributed by atoms with Crippen LogP contribution < -0.4 is 10.3 Å². The maximum Gasteiger partial charge on any atom is 0.253 e. The number of tetrazole rings is 1. The molecule has 0 saturated carbocycles. The van der Waals surface area contributed by atoms with Crippen LogP contribution >= 0.6 is 0 Å². The van der Waals surface area contributed by atoms with Gasteiger partial charge in [0.05, 0.1) is 25.3 Å².